The number of aryl methyl sites for hydroxylation is 2. The molecular formula is C18H25N5O. The van der Waals surface area contributed by atoms with Crippen molar-refractivity contribution in [3.63, 3.8) is 0 Å². The van der Waals surface area contributed by atoms with E-state index >= 15 is 0 Å². The molecule has 2 heterocycles. The second-order valence-electron chi connectivity index (χ2n) is 6.20. The Morgan fingerprint density at radius 3 is 3.00 bits per heavy atom. The third-order valence-electron chi connectivity index (χ3n) is 4.52. The van der Waals surface area contributed by atoms with E-state index in [9.17, 15) is 4.79 Å². The molecule has 6 nitrogen and oxygen atoms in total. The van der Waals surface area contributed by atoms with Crippen molar-refractivity contribution in [2.75, 3.05) is 31.5 Å². The number of hydrogen-bond acceptors (Lipinski definition) is 4. The molecule has 0 bridgehead atoms. The summed E-state index contributed by atoms with van der Waals surface area (Å²) >= 11 is 0. The first-order valence-electron chi connectivity index (χ1n) is 8.43. The number of carbonyl (C=O) groups is 1. The molecule has 1 saturated heterocycles. The molecule has 3 rings (SSSR count). The molecule has 2 aromatic rings. The van der Waals surface area contributed by atoms with Crippen LogP contribution in [0.4, 0.5) is 5.69 Å². The Kier molecular flexibility index (Phi) is 5.15. The van der Waals surface area contributed by atoms with Crippen LogP contribution < -0.4 is 10.6 Å². The van der Waals surface area contributed by atoms with E-state index in [1.54, 1.807) is 6.20 Å². The summed E-state index contributed by atoms with van der Waals surface area (Å²) in [5, 5.41) is 6.72. The fraction of sp³-hybridized carbons (Fsp3) is 0.444. The van der Waals surface area contributed by atoms with Gasteiger partial charge in [0.25, 0.3) is 0 Å². The molecule has 1 atom stereocenters. The molecule has 6 heteroatoms. The van der Waals surface area contributed by atoms with E-state index in [4.69, 9.17) is 0 Å². The lowest BCUT2D eigenvalue weighted by atomic mass is 10.1. The van der Waals surface area contributed by atoms with Crippen molar-refractivity contribution in [3.05, 3.63) is 48.0 Å². The number of piperazine rings is 1. The van der Waals surface area contributed by atoms with Crippen LogP contribution in [0.1, 0.15) is 23.9 Å². The van der Waals surface area contributed by atoms with Gasteiger partial charge in [-0.2, -0.15) is 0 Å². The molecule has 0 radical (unpaired) electrons. The Balaban J connectivity index is 1.60. The molecule has 0 saturated carbocycles. The number of para-hydroxylation sites is 1. The molecule has 1 unspecified atom stereocenters. The van der Waals surface area contributed by atoms with Crippen molar-refractivity contribution in [3.8, 4) is 0 Å². The molecule has 1 aliphatic heterocycles. The van der Waals surface area contributed by atoms with Gasteiger partial charge in [-0.15, -0.1) is 0 Å². The zero-order valence-corrected chi connectivity index (χ0v) is 14.3. The van der Waals surface area contributed by atoms with E-state index in [1.807, 2.05) is 40.9 Å². The minimum atomic E-state index is 0.00436. The molecule has 0 aliphatic carbocycles. The van der Waals surface area contributed by atoms with Gasteiger partial charge in [0.1, 0.15) is 11.9 Å². The SMILES string of the molecule is Cc1ccccc1NCCC(=O)N1CCNCC1c1nccn1C. The molecule has 128 valence electrons. The van der Waals surface area contributed by atoms with Crippen molar-refractivity contribution < 1.29 is 4.79 Å². The summed E-state index contributed by atoms with van der Waals surface area (Å²) in [7, 11) is 1.97. The lowest BCUT2D eigenvalue weighted by molar-refractivity contribution is -0.134. The number of rotatable bonds is 5. The monoisotopic (exact) mass is 327 g/mol. The van der Waals surface area contributed by atoms with Crippen LogP contribution in [0.3, 0.4) is 0 Å². The first kappa shape index (κ1) is 16.5. The number of hydrogen-bond donors (Lipinski definition) is 2. The standard InChI is InChI=1S/C18H25N5O/c1-14-5-3-4-6-15(14)20-8-7-17(24)23-12-9-19-13-16(23)18-21-10-11-22(18)2/h3-6,10-11,16,19-20H,7-9,12-13H2,1-2H3. The summed E-state index contributed by atoms with van der Waals surface area (Å²) in [4.78, 5) is 19.1. The molecule has 2 N–H and O–H groups in total. The molecular weight excluding hydrogens is 302 g/mol. The highest BCUT2D eigenvalue weighted by molar-refractivity contribution is 5.77. The third-order valence-corrected chi connectivity index (χ3v) is 4.52. The molecule has 24 heavy (non-hydrogen) atoms. The van der Waals surface area contributed by atoms with Gasteiger partial charge in [-0.1, -0.05) is 18.2 Å². The Morgan fingerprint density at radius 1 is 1.42 bits per heavy atom. The van der Waals surface area contributed by atoms with Crippen LogP contribution >= 0.6 is 0 Å². The van der Waals surface area contributed by atoms with Crippen LogP contribution in [0.15, 0.2) is 36.7 Å². The van der Waals surface area contributed by atoms with Gasteiger partial charge in [-0.3, -0.25) is 4.79 Å². The van der Waals surface area contributed by atoms with E-state index < -0.39 is 0 Å². The fourth-order valence-electron chi connectivity index (χ4n) is 3.15. The Bertz CT molecular complexity index is 696. The van der Waals surface area contributed by atoms with Crippen molar-refractivity contribution in [2.24, 2.45) is 7.05 Å². The average molecular weight is 327 g/mol. The Labute approximate surface area is 142 Å². The highest BCUT2D eigenvalue weighted by atomic mass is 16.2. The molecule has 1 amide bonds. The fourth-order valence-corrected chi connectivity index (χ4v) is 3.15. The lowest BCUT2D eigenvalue weighted by Gasteiger charge is -2.36. The number of aromatic nitrogens is 2. The number of amides is 1. The topological polar surface area (TPSA) is 62.2 Å². The van der Waals surface area contributed by atoms with Crippen LogP contribution in [0.2, 0.25) is 0 Å². The van der Waals surface area contributed by atoms with E-state index in [1.165, 1.54) is 5.56 Å². The van der Waals surface area contributed by atoms with Crippen molar-refractivity contribution in [2.45, 2.75) is 19.4 Å². The van der Waals surface area contributed by atoms with Crippen LogP contribution in [0, 0.1) is 6.92 Å². The maximum absolute atomic E-state index is 12.7. The quantitative estimate of drug-likeness (QED) is 0.877. The second-order valence-corrected chi connectivity index (χ2v) is 6.20. The van der Waals surface area contributed by atoms with Gasteiger partial charge in [0.05, 0.1) is 0 Å². The van der Waals surface area contributed by atoms with E-state index in [0.717, 1.165) is 31.1 Å². The normalized spacial score (nSPS) is 17.8. The zero-order chi connectivity index (χ0) is 16.9. The maximum Gasteiger partial charge on any atom is 0.225 e. The number of nitrogens with zero attached hydrogens (tertiary/aromatic N) is 3. The Morgan fingerprint density at radius 2 is 2.25 bits per heavy atom. The summed E-state index contributed by atoms with van der Waals surface area (Å²) in [6.45, 7) is 5.01. The van der Waals surface area contributed by atoms with E-state index in [2.05, 4.69) is 28.6 Å². The minimum Gasteiger partial charge on any atom is -0.384 e. The van der Waals surface area contributed by atoms with Crippen LogP contribution in [-0.4, -0.2) is 46.5 Å². The second kappa shape index (κ2) is 7.49. The Hall–Kier alpha value is -2.34. The van der Waals surface area contributed by atoms with Gasteiger partial charge in [0, 0.05) is 57.7 Å². The van der Waals surface area contributed by atoms with Gasteiger partial charge >= 0.3 is 0 Å². The minimum absolute atomic E-state index is 0.00436. The van der Waals surface area contributed by atoms with Gasteiger partial charge in [0.2, 0.25) is 5.91 Å². The third kappa shape index (κ3) is 3.59. The molecule has 0 spiro atoms. The molecule has 1 aliphatic rings. The largest absolute Gasteiger partial charge is 0.384 e. The van der Waals surface area contributed by atoms with Crippen LogP contribution in [-0.2, 0) is 11.8 Å². The maximum atomic E-state index is 12.7. The van der Waals surface area contributed by atoms with Gasteiger partial charge in [-0.25, -0.2) is 4.98 Å². The summed E-state index contributed by atoms with van der Waals surface area (Å²) in [5.74, 6) is 1.10. The first-order valence-corrected chi connectivity index (χ1v) is 8.43. The predicted octanol–water partition coefficient (Wildman–Crippen LogP) is 1.70. The molecule has 1 aromatic carbocycles. The van der Waals surface area contributed by atoms with Crippen molar-refractivity contribution in [1.82, 2.24) is 19.8 Å². The lowest BCUT2D eigenvalue weighted by Crippen LogP contribution is -2.49. The van der Waals surface area contributed by atoms with Crippen molar-refractivity contribution in [1.29, 1.82) is 0 Å². The number of imidazole rings is 1. The van der Waals surface area contributed by atoms with Crippen LogP contribution in [0.25, 0.3) is 0 Å². The summed E-state index contributed by atoms with van der Waals surface area (Å²) in [6, 6.07) is 8.14. The van der Waals surface area contributed by atoms with E-state index in [-0.39, 0.29) is 11.9 Å². The van der Waals surface area contributed by atoms with Gasteiger partial charge in [-0.05, 0) is 18.6 Å². The highest BCUT2D eigenvalue weighted by Gasteiger charge is 2.29. The highest BCUT2D eigenvalue weighted by Crippen LogP contribution is 2.21. The van der Waals surface area contributed by atoms with Crippen LogP contribution in [0.5, 0.6) is 0 Å². The van der Waals surface area contributed by atoms with Gasteiger partial charge < -0.3 is 20.1 Å². The molecule has 1 aromatic heterocycles. The van der Waals surface area contributed by atoms with E-state index in [0.29, 0.717) is 13.0 Å². The van der Waals surface area contributed by atoms with Crippen molar-refractivity contribution >= 4 is 11.6 Å². The first-order chi connectivity index (χ1) is 11.7. The number of carbonyl (C=O) groups excluding carboxylic acids is 1. The zero-order valence-electron chi connectivity index (χ0n) is 14.3. The number of benzene rings is 1. The number of nitrogens with one attached hydrogen (secondary N) is 2. The predicted molar refractivity (Wildman–Crippen MR) is 94.8 cm³/mol. The summed E-state index contributed by atoms with van der Waals surface area (Å²) in [6.07, 6.45) is 4.19. The smallest absolute Gasteiger partial charge is 0.225 e. The summed E-state index contributed by atoms with van der Waals surface area (Å²) in [5.41, 5.74) is 2.28. The average Bonchev–Trinajstić information content (AvgIpc) is 3.02. The summed E-state index contributed by atoms with van der Waals surface area (Å²) < 4.78 is 1.99. The van der Waals surface area contributed by atoms with Gasteiger partial charge in [0.15, 0.2) is 0 Å². The molecule has 1 fully saturated rings. The number of anilines is 1.